The zero-order valence-corrected chi connectivity index (χ0v) is 14.0. The minimum Gasteiger partial charge on any atom is -0.375 e. The van der Waals surface area contributed by atoms with Crippen LogP contribution in [0.1, 0.15) is 58.8 Å². The molecule has 4 atom stereocenters. The molecular formula is C17H31NOS. The molecule has 0 amide bonds. The van der Waals surface area contributed by atoms with Crippen molar-refractivity contribution in [2.75, 3.05) is 18.1 Å². The summed E-state index contributed by atoms with van der Waals surface area (Å²) in [5.41, 5.74) is 7.19. The topological polar surface area (TPSA) is 35.2 Å². The average Bonchev–Trinajstić information content (AvgIpc) is 2.44. The molecule has 1 saturated carbocycles. The van der Waals surface area contributed by atoms with Gasteiger partial charge in [-0.1, -0.05) is 13.8 Å². The van der Waals surface area contributed by atoms with Crippen molar-refractivity contribution in [2.45, 2.75) is 69.9 Å². The van der Waals surface area contributed by atoms with Crippen molar-refractivity contribution in [1.29, 1.82) is 0 Å². The summed E-state index contributed by atoms with van der Waals surface area (Å²) < 4.78 is 6.25. The zero-order valence-electron chi connectivity index (χ0n) is 13.2. The van der Waals surface area contributed by atoms with Crippen LogP contribution < -0.4 is 5.73 Å². The Labute approximate surface area is 128 Å². The van der Waals surface area contributed by atoms with Gasteiger partial charge in [-0.15, -0.1) is 0 Å². The van der Waals surface area contributed by atoms with E-state index in [1.54, 1.807) is 0 Å². The van der Waals surface area contributed by atoms with Crippen LogP contribution in [0.2, 0.25) is 0 Å². The Morgan fingerprint density at radius 3 is 2.45 bits per heavy atom. The van der Waals surface area contributed by atoms with Crippen LogP contribution >= 0.6 is 11.8 Å². The average molecular weight is 298 g/mol. The molecular weight excluding hydrogens is 266 g/mol. The van der Waals surface area contributed by atoms with Crippen LogP contribution in [0.3, 0.4) is 0 Å². The van der Waals surface area contributed by atoms with Gasteiger partial charge in [0.05, 0.1) is 5.60 Å². The van der Waals surface area contributed by atoms with Crippen LogP contribution in [0, 0.1) is 17.8 Å². The van der Waals surface area contributed by atoms with E-state index in [-0.39, 0.29) is 11.1 Å². The normalized spacial score (nSPS) is 45.5. The maximum atomic E-state index is 6.92. The molecule has 0 radical (unpaired) electrons. The van der Waals surface area contributed by atoms with Crippen molar-refractivity contribution in [3.05, 3.63) is 0 Å². The van der Waals surface area contributed by atoms with Gasteiger partial charge in [0.15, 0.2) is 0 Å². The third-order valence-corrected chi connectivity index (χ3v) is 7.43. The molecule has 0 aromatic carbocycles. The first-order chi connectivity index (χ1) is 9.53. The second-order valence-corrected chi connectivity index (χ2v) is 8.99. The van der Waals surface area contributed by atoms with Gasteiger partial charge >= 0.3 is 0 Å². The molecule has 2 nitrogen and oxygen atoms in total. The summed E-state index contributed by atoms with van der Waals surface area (Å²) in [5.74, 6) is 4.88. The summed E-state index contributed by atoms with van der Waals surface area (Å²) in [6.07, 6.45) is 8.68. The molecule has 0 bridgehead atoms. The van der Waals surface area contributed by atoms with E-state index >= 15 is 0 Å². The summed E-state index contributed by atoms with van der Waals surface area (Å²) in [7, 11) is 0. The summed E-state index contributed by atoms with van der Waals surface area (Å²) in [6, 6.07) is 0. The van der Waals surface area contributed by atoms with Crippen molar-refractivity contribution in [1.82, 2.24) is 0 Å². The first-order valence-corrected chi connectivity index (χ1v) is 9.69. The SMILES string of the molecule is CC1CCC(N)(C2CCOC3(CCSCC3)C2)CC1C. The highest BCUT2D eigenvalue weighted by Crippen LogP contribution is 2.47. The van der Waals surface area contributed by atoms with Gasteiger partial charge in [-0.3, -0.25) is 0 Å². The lowest BCUT2D eigenvalue weighted by Gasteiger charge is -2.51. The molecule has 0 aromatic heterocycles. The number of rotatable bonds is 1. The quantitative estimate of drug-likeness (QED) is 0.799. The maximum absolute atomic E-state index is 6.92. The van der Waals surface area contributed by atoms with E-state index in [2.05, 4.69) is 25.6 Å². The van der Waals surface area contributed by atoms with Crippen LogP contribution in [0.5, 0.6) is 0 Å². The fourth-order valence-electron chi connectivity index (χ4n) is 4.66. The van der Waals surface area contributed by atoms with Crippen LogP contribution in [0.25, 0.3) is 0 Å². The highest BCUT2D eigenvalue weighted by Gasteiger charge is 2.47. The highest BCUT2D eigenvalue weighted by molar-refractivity contribution is 7.99. The van der Waals surface area contributed by atoms with Gasteiger partial charge in [0.2, 0.25) is 0 Å². The molecule has 3 rings (SSSR count). The molecule has 116 valence electrons. The Kier molecular flexibility index (Phi) is 4.41. The Morgan fingerprint density at radius 2 is 1.75 bits per heavy atom. The first-order valence-electron chi connectivity index (χ1n) is 8.54. The second-order valence-electron chi connectivity index (χ2n) is 7.76. The van der Waals surface area contributed by atoms with Gasteiger partial charge in [0.1, 0.15) is 0 Å². The molecule has 2 aliphatic heterocycles. The van der Waals surface area contributed by atoms with Crippen LogP contribution in [0.4, 0.5) is 0 Å². The summed E-state index contributed by atoms with van der Waals surface area (Å²) >= 11 is 2.09. The molecule has 20 heavy (non-hydrogen) atoms. The fourth-order valence-corrected chi connectivity index (χ4v) is 5.90. The number of nitrogens with two attached hydrogens (primary N) is 1. The summed E-state index contributed by atoms with van der Waals surface area (Å²) in [5, 5.41) is 0. The van der Waals surface area contributed by atoms with E-state index in [4.69, 9.17) is 10.5 Å². The van der Waals surface area contributed by atoms with E-state index in [1.165, 1.54) is 56.5 Å². The van der Waals surface area contributed by atoms with Crippen molar-refractivity contribution in [3.8, 4) is 0 Å². The molecule has 3 fully saturated rings. The minimum absolute atomic E-state index is 0.0906. The maximum Gasteiger partial charge on any atom is 0.0701 e. The van der Waals surface area contributed by atoms with Crippen molar-refractivity contribution < 1.29 is 4.74 Å². The molecule has 0 aromatic rings. The van der Waals surface area contributed by atoms with Gasteiger partial charge in [0.25, 0.3) is 0 Å². The van der Waals surface area contributed by atoms with Crippen molar-refractivity contribution >= 4 is 11.8 Å². The smallest absolute Gasteiger partial charge is 0.0701 e. The zero-order chi connectivity index (χ0) is 14.2. The molecule has 3 heteroatoms. The second kappa shape index (κ2) is 5.81. The van der Waals surface area contributed by atoms with Crippen LogP contribution in [-0.2, 0) is 4.74 Å². The van der Waals surface area contributed by atoms with Crippen molar-refractivity contribution in [2.24, 2.45) is 23.5 Å². The minimum atomic E-state index is 0.0906. The molecule has 1 spiro atoms. The van der Waals surface area contributed by atoms with Gasteiger partial charge < -0.3 is 10.5 Å². The van der Waals surface area contributed by atoms with E-state index in [9.17, 15) is 0 Å². The van der Waals surface area contributed by atoms with E-state index in [1.807, 2.05) is 0 Å². The van der Waals surface area contributed by atoms with Crippen LogP contribution in [-0.4, -0.2) is 29.3 Å². The number of ether oxygens (including phenoxy) is 1. The molecule has 4 unspecified atom stereocenters. The molecule has 2 saturated heterocycles. The predicted molar refractivity (Wildman–Crippen MR) is 87.1 cm³/mol. The number of thioether (sulfide) groups is 1. The van der Waals surface area contributed by atoms with E-state index in [0.29, 0.717) is 5.92 Å². The lowest BCUT2D eigenvalue weighted by Crippen LogP contribution is -2.56. The van der Waals surface area contributed by atoms with Gasteiger partial charge in [-0.25, -0.2) is 0 Å². The fraction of sp³-hybridized carbons (Fsp3) is 1.00. The van der Waals surface area contributed by atoms with Crippen molar-refractivity contribution in [3.63, 3.8) is 0 Å². The molecule has 2 heterocycles. The summed E-state index contributed by atoms with van der Waals surface area (Å²) in [6.45, 7) is 5.74. The standard InChI is InChI=1S/C17H31NOS/c1-13-3-5-17(18,11-14(13)2)15-4-8-19-16(12-15)6-9-20-10-7-16/h13-15H,3-12,18H2,1-2H3. The van der Waals surface area contributed by atoms with E-state index < -0.39 is 0 Å². The van der Waals surface area contributed by atoms with Gasteiger partial charge in [0, 0.05) is 12.1 Å². The molecule has 1 aliphatic carbocycles. The lowest BCUT2D eigenvalue weighted by molar-refractivity contribution is -0.118. The molecule has 2 N–H and O–H groups in total. The highest BCUT2D eigenvalue weighted by atomic mass is 32.2. The number of hydrogen-bond acceptors (Lipinski definition) is 3. The van der Waals surface area contributed by atoms with Crippen LogP contribution in [0.15, 0.2) is 0 Å². The summed E-state index contributed by atoms with van der Waals surface area (Å²) in [4.78, 5) is 0. The Morgan fingerprint density at radius 1 is 1.00 bits per heavy atom. The lowest BCUT2D eigenvalue weighted by atomic mass is 9.62. The Balaban J connectivity index is 1.69. The van der Waals surface area contributed by atoms with Gasteiger partial charge in [-0.05, 0) is 74.2 Å². The first kappa shape index (κ1) is 15.2. The van der Waals surface area contributed by atoms with Gasteiger partial charge in [-0.2, -0.15) is 11.8 Å². The third kappa shape index (κ3) is 2.91. The Hall–Kier alpha value is 0.270. The monoisotopic (exact) mass is 297 g/mol. The number of hydrogen-bond donors (Lipinski definition) is 1. The molecule has 3 aliphatic rings. The Bertz CT molecular complexity index is 336. The predicted octanol–water partition coefficient (Wildman–Crippen LogP) is 3.83. The largest absolute Gasteiger partial charge is 0.375 e. The third-order valence-electron chi connectivity index (χ3n) is 6.45. The van der Waals surface area contributed by atoms with E-state index in [0.717, 1.165) is 18.4 Å².